The largest absolute Gasteiger partial charge is 0.457 e. The lowest BCUT2D eigenvalue weighted by Crippen LogP contribution is -2.26. The third-order valence-electron chi connectivity index (χ3n) is 9.16. The highest BCUT2D eigenvalue weighted by molar-refractivity contribution is 7.31. The molecule has 0 saturated heterocycles. The Labute approximate surface area is 298 Å². The van der Waals surface area contributed by atoms with E-state index in [9.17, 15) is 23.6 Å². The van der Waals surface area contributed by atoms with Gasteiger partial charge in [0.05, 0.1) is 5.92 Å². The third kappa shape index (κ3) is 7.49. The fraction of sp³-hybridized carbons (Fsp3) is 0.436. The van der Waals surface area contributed by atoms with Crippen molar-refractivity contribution in [1.29, 1.82) is 0 Å². The van der Waals surface area contributed by atoms with E-state index in [-0.39, 0.29) is 36.4 Å². The van der Waals surface area contributed by atoms with Gasteiger partial charge in [0, 0.05) is 32.0 Å². The maximum absolute atomic E-state index is 13.7. The number of alkyl halides is 1. The number of halogens is 1. The molecule has 50 heavy (non-hydrogen) atoms. The first-order valence-electron chi connectivity index (χ1n) is 17.2. The first-order chi connectivity index (χ1) is 23.9. The monoisotopic (exact) mass is 720 g/mol. The van der Waals surface area contributed by atoms with E-state index in [1.807, 2.05) is 30.3 Å². The van der Waals surface area contributed by atoms with Crippen molar-refractivity contribution >= 4 is 56.0 Å². The first-order valence-corrected chi connectivity index (χ1v) is 18.8. The number of carbonyl (C=O) groups is 4. The molecule has 0 spiro atoms. The summed E-state index contributed by atoms with van der Waals surface area (Å²) in [6.45, 7) is 8.27. The summed E-state index contributed by atoms with van der Waals surface area (Å²) in [5, 5.41) is 0. The van der Waals surface area contributed by atoms with Gasteiger partial charge in [0.2, 0.25) is 0 Å². The molecule has 264 valence electrons. The number of benzene rings is 2. The van der Waals surface area contributed by atoms with Gasteiger partial charge in [0.1, 0.15) is 24.4 Å². The summed E-state index contributed by atoms with van der Waals surface area (Å²) in [5.41, 5.74) is 5.16. The van der Waals surface area contributed by atoms with Gasteiger partial charge in [-0.25, -0.2) is 9.18 Å². The molecule has 2 aliphatic carbocycles. The van der Waals surface area contributed by atoms with Crippen LogP contribution in [0.2, 0.25) is 0 Å². The van der Waals surface area contributed by atoms with Gasteiger partial charge >= 0.3 is 23.9 Å². The molecule has 2 heterocycles. The van der Waals surface area contributed by atoms with Gasteiger partial charge in [-0.05, 0) is 90.3 Å². The van der Waals surface area contributed by atoms with E-state index < -0.39 is 30.5 Å². The zero-order chi connectivity index (χ0) is 35.7. The second-order valence-corrected chi connectivity index (χ2v) is 15.2. The average molecular weight is 721 g/mol. The molecular formula is C39H41FO8S2. The highest BCUT2D eigenvalue weighted by Crippen LogP contribution is 2.47. The minimum Gasteiger partial charge on any atom is -0.457 e. The van der Waals surface area contributed by atoms with Crippen LogP contribution in [0.1, 0.15) is 120 Å². The van der Waals surface area contributed by atoms with Crippen LogP contribution in [0.3, 0.4) is 0 Å². The fourth-order valence-electron chi connectivity index (χ4n) is 6.43. The van der Waals surface area contributed by atoms with Crippen molar-refractivity contribution in [2.45, 2.75) is 104 Å². The van der Waals surface area contributed by atoms with E-state index in [4.69, 9.17) is 18.9 Å². The molecule has 2 aromatic heterocycles. The van der Waals surface area contributed by atoms with Gasteiger partial charge in [-0.15, -0.1) is 22.7 Å². The van der Waals surface area contributed by atoms with Crippen molar-refractivity contribution in [2.75, 3.05) is 0 Å². The van der Waals surface area contributed by atoms with Crippen LogP contribution in [0.25, 0.3) is 30.3 Å². The lowest BCUT2D eigenvalue weighted by Gasteiger charge is -2.32. The van der Waals surface area contributed by atoms with Crippen molar-refractivity contribution < 1.29 is 42.5 Å². The molecule has 2 aromatic carbocycles. The molecule has 0 N–H and O–H groups in total. The van der Waals surface area contributed by atoms with E-state index in [2.05, 4.69) is 18.2 Å². The van der Waals surface area contributed by atoms with Crippen molar-refractivity contribution in [1.82, 2.24) is 0 Å². The maximum Gasteiger partial charge on any atom is 0.341 e. The summed E-state index contributed by atoms with van der Waals surface area (Å²) in [5.74, 6) is -2.04. The van der Waals surface area contributed by atoms with Gasteiger partial charge in [-0.3, -0.25) is 14.4 Å². The summed E-state index contributed by atoms with van der Waals surface area (Å²) in [6, 6.07) is 16.2. The zero-order valence-corrected chi connectivity index (χ0v) is 30.4. The predicted octanol–water partition coefficient (Wildman–Crippen LogP) is 10.1. The summed E-state index contributed by atoms with van der Waals surface area (Å²) in [4.78, 5) is 51.3. The van der Waals surface area contributed by atoms with Gasteiger partial charge in [-0.1, -0.05) is 52.0 Å². The van der Waals surface area contributed by atoms with Crippen molar-refractivity contribution in [3.05, 3.63) is 70.8 Å². The predicted molar refractivity (Wildman–Crippen MR) is 190 cm³/mol. The lowest BCUT2D eigenvalue weighted by molar-refractivity contribution is -0.160. The number of carbonyl (C=O) groups excluding carboxylic acids is 4. The number of esters is 4. The standard InChI is InChI=1S/C39H41FO8S2/c1-6-36(41)45-28-12-14-30(46-37(42)7-2)26-16-22(8-10-24(26)28)32-18-34-35(49-32)19-33(50-34)23-9-11-25-27(17-23)31(47-38(43)20(3)4)15-13-29(25)48-39(44)21(5)40/h8-11,16-21,28-31H,6-7,12-15H2,1-5H3. The Bertz CT molecular complexity index is 1890. The summed E-state index contributed by atoms with van der Waals surface area (Å²) in [7, 11) is 0. The number of fused-ring (bicyclic) bond motifs is 3. The van der Waals surface area contributed by atoms with Crippen LogP contribution < -0.4 is 0 Å². The van der Waals surface area contributed by atoms with Gasteiger partial charge < -0.3 is 18.9 Å². The molecule has 8 nitrogen and oxygen atoms in total. The quantitative estimate of drug-likeness (QED) is 0.118. The maximum atomic E-state index is 13.7. The Morgan fingerprint density at radius 2 is 1.02 bits per heavy atom. The Morgan fingerprint density at radius 1 is 0.620 bits per heavy atom. The molecule has 5 atom stereocenters. The molecule has 2 aliphatic rings. The number of ether oxygens (including phenoxy) is 4. The number of rotatable bonds is 10. The van der Waals surface area contributed by atoms with Crippen LogP contribution in [0.15, 0.2) is 48.5 Å². The van der Waals surface area contributed by atoms with Crippen LogP contribution in [-0.4, -0.2) is 30.0 Å². The van der Waals surface area contributed by atoms with Gasteiger partial charge in [-0.2, -0.15) is 0 Å². The molecule has 0 bridgehead atoms. The first kappa shape index (κ1) is 35.7. The van der Waals surface area contributed by atoms with Gasteiger partial charge in [0.25, 0.3) is 0 Å². The minimum absolute atomic E-state index is 0.260. The lowest BCUT2D eigenvalue weighted by atomic mass is 9.85. The number of hydrogen-bond donors (Lipinski definition) is 0. The molecule has 11 heteroatoms. The van der Waals surface area contributed by atoms with E-state index in [0.29, 0.717) is 32.1 Å². The SMILES string of the molecule is CCC(=O)OC1CCC(OC(=O)CC)c2cc(-c3cc4sc(-c5ccc6c(c5)C(OC(=O)C(C)C)CCC6OC(=O)C(C)F)cc4s3)ccc21. The third-order valence-corrected chi connectivity index (χ3v) is 11.5. The summed E-state index contributed by atoms with van der Waals surface area (Å²) in [6.07, 6.45) is -1.03. The van der Waals surface area contributed by atoms with Crippen molar-refractivity contribution in [2.24, 2.45) is 5.92 Å². The van der Waals surface area contributed by atoms with Crippen LogP contribution in [0.5, 0.6) is 0 Å². The zero-order valence-electron chi connectivity index (χ0n) is 28.8. The van der Waals surface area contributed by atoms with E-state index >= 15 is 0 Å². The van der Waals surface area contributed by atoms with Crippen molar-refractivity contribution in [3.63, 3.8) is 0 Å². The molecule has 0 amide bonds. The van der Waals surface area contributed by atoms with E-state index in [1.165, 1.54) is 0 Å². The molecular weight excluding hydrogens is 680 g/mol. The summed E-state index contributed by atoms with van der Waals surface area (Å²) < 4.78 is 38.9. The van der Waals surface area contributed by atoms with E-state index in [0.717, 1.165) is 59.5 Å². The normalized spacial score (nSPS) is 20.5. The highest BCUT2D eigenvalue weighted by atomic mass is 32.1. The van der Waals surface area contributed by atoms with Crippen molar-refractivity contribution in [3.8, 4) is 20.9 Å². The Kier molecular flexibility index (Phi) is 10.7. The second kappa shape index (κ2) is 15.0. The van der Waals surface area contributed by atoms with Crippen LogP contribution in [-0.2, 0) is 38.1 Å². The van der Waals surface area contributed by atoms with Crippen LogP contribution >= 0.6 is 22.7 Å². The second-order valence-electron chi connectivity index (χ2n) is 13.1. The molecule has 6 rings (SSSR count). The van der Waals surface area contributed by atoms with E-state index in [1.54, 1.807) is 50.4 Å². The molecule has 0 aliphatic heterocycles. The topological polar surface area (TPSA) is 105 Å². The highest BCUT2D eigenvalue weighted by Gasteiger charge is 2.34. The Hall–Kier alpha value is -4.09. The fourth-order valence-corrected chi connectivity index (χ4v) is 8.82. The molecule has 5 unspecified atom stereocenters. The average Bonchev–Trinajstić information content (AvgIpc) is 3.69. The minimum atomic E-state index is -1.73. The molecule has 0 saturated carbocycles. The molecule has 4 aromatic rings. The number of hydrogen-bond acceptors (Lipinski definition) is 10. The van der Waals surface area contributed by atoms with Crippen LogP contribution in [0.4, 0.5) is 4.39 Å². The molecule has 0 fully saturated rings. The molecule has 0 radical (unpaired) electrons. The summed E-state index contributed by atoms with van der Waals surface area (Å²) >= 11 is 3.30. The number of thiophene rings is 2. The smallest absolute Gasteiger partial charge is 0.341 e. The Balaban J connectivity index is 1.30. The van der Waals surface area contributed by atoms with Crippen LogP contribution in [0, 0.1) is 5.92 Å². The Morgan fingerprint density at radius 3 is 1.44 bits per heavy atom. The van der Waals surface area contributed by atoms with Gasteiger partial charge in [0.15, 0.2) is 6.17 Å².